The first kappa shape index (κ1) is 11.1. The zero-order chi connectivity index (χ0) is 11.8. The van der Waals surface area contributed by atoms with Crippen molar-refractivity contribution in [2.24, 2.45) is 17.6 Å². The van der Waals surface area contributed by atoms with E-state index in [9.17, 15) is 0 Å². The van der Waals surface area contributed by atoms with E-state index in [4.69, 9.17) is 5.73 Å². The zero-order valence-electron chi connectivity index (χ0n) is 10.6. The molecule has 0 bridgehead atoms. The molecule has 0 aromatic heterocycles. The first-order chi connectivity index (χ1) is 8.26. The first-order valence-electron chi connectivity index (χ1n) is 6.82. The summed E-state index contributed by atoms with van der Waals surface area (Å²) < 4.78 is 0. The fourth-order valence-electron chi connectivity index (χ4n) is 3.51. The van der Waals surface area contributed by atoms with Crippen molar-refractivity contribution in [2.75, 3.05) is 11.9 Å². The van der Waals surface area contributed by atoms with E-state index in [1.807, 2.05) is 0 Å². The maximum atomic E-state index is 5.82. The van der Waals surface area contributed by atoms with Crippen LogP contribution < -0.4 is 11.1 Å². The summed E-state index contributed by atoms with van der Waals surface area (Å²) >= 11 is 0. The molecule has 1 aliphatic heterocycles. The van der Waals surface area contributed by atoms with E-state index >= 15 is 0 Å². The maximum Gasteiger partial charge on any atom is 0.0375 e. The molecule has 2 aliphatic rings. The summed E-state index contributed by atoms with van der Waals surface area (Å²) in [7, 11) is 0. The molecule has 0 saturated heterocycles. The summed E-state index contributed by atoms with van der Waals surface area (Å²) in [6, 6.07) is 7.48. The minimum atomic E-state index is 0.688. The molecule has 1 aromatic carbocycles. The molecule has 2 nitrogen and oxygen atoms in total. The number of fused-ring (bicyclic) bond motifs is 2. The second kappa shape index (κ2) is 4.34. The van der Waals surface area contributed by atoms with Crippen LogP contribution in [0.3, 0.4) is 0 Å². The number of benzene rings is 1. The molecule has 0 radical (unpaired) electrons. The Labute approximate surface area is 104 Å². The molecule has 0 amide bonds. The lowest BCUT2D eigenvalue weighted by Crippen LogP contribution is -2.41. The Morgan fingerprint density at radius 2 is 2.24 bits per heavy atom. The van der Waals surface area contributed by atoms with Crippen molar-refractivity contribution < 1.29 is 0 Å². The molecular weight excluding hydrogens is 208 g/mol. The molecule has 1 fully saturated rings. The number of nitrogens with one attached hydrogen (secondary N) is 1. The van der Waals surface area contributed by atoms with Gasteiger partial charge in [0.25, 0.3) is 0 Å². The van der Waals surface area contributed by atoms with Gasteiger partial charge >= 0.3 is 0 Å². The van der Waals surface area contributed by atoms with Gasteiger partial charge in [0.05, 0.1) is 0 Å². The Morgan fingerprint density at radius 1 is 1.35 bits per heavy atom. The first-order valence-corrected chi connectivity index (χ1v) is 6.82. The second-order valence-corrected chi connectivity index (χ2v) is 5.79. The van der Waals surface area contributed by atoms with Crippen molar-refractivity contribution in [3.8, 4) is 0 Å². The molecule has 3 unspecified atom stereocenters. The van der Waals surface area contributed by atoms with E-state index in [1.165, 1.54) is 42.5 Å². The topological polar surface area (TPSA) is 38.0 Å². The molecule has 1 saturated carbocycles. The summed E-state index contributed by atoms with van der Waals surface area (Å²) in [5.74, 6) is 1.55. The fraction of sp³-hybridized carbons (Fsp3) is 0.600. The van der Waals surface area contributed by atoms with Gasteiger partial charge in [-0.3, -0.25) is 0 Å². The summed E-state index contributed by atoms with van der Waals surface area (Å²) in [5.41, 5.74) is 10.1. The Hall–Kier alpha value is -1.02. The highest BCUT2D eigenvalue weighted by Gasteiger charge is 2.33. The number of rotatable bonds is 1. The minimum absolute atomic E-state index is 0.688. The summed E-state index contributed by atoms with van der Waals surface area (Å²) in [5, 5.41) is 3.73. The van der Waals surface area contributed by atoms with E-state index < -0.39 is 0 Å². The van der Waals surface area contributed by atoms with E-state index in [0.717, 1.165) is 18.4 Å². The minimum Gasteiger partial charge on any atom is -0.382 e. The molecule has 2 heteroatoms. The molecule has 0 spiro atoms. The number of hydrogen-bond acceptors (Lipinski definition) is 2. The van der Waals surface area contributed by atoms with Gasteiger partial charge in [0.1, 0.15) is 0 Å². The third-order valence-electron chi connectivity index (χ3n) is 4.51. The Kier molecular flexibility index (Phi) is 2.83. The summed E-state index contributed by atoms with van der Waals surface area (Å²) in [4.78, 5) is 0. The van der Waals surface area contributed by atoms with Crippen LogP contribution in [0, 0.1) is 18.8 Å². The predicted molar refractivity (Wildman–Crippen MR) is 72.2 cm³/mol. The highest BCUT2D eigenvalue weighted by atomic mass is 14.9. The van der Waals surface area contributed by atoms with E-state index in [1.54, 1.807) is 0 Å². The van der Waals surface area contributed by atoms with Gasteiger partial charge in [-0.25, -0.2) is 0 Å². The standard InChI is InChI=1S/C15H22N2/c1-10-2-4-14-12(6-10)8-13-7-11(9-16)3-5-15(13)17-14/h2,4,6,11,13,15,17H,3,5,7-9,16H2,1H3. The zero-order valence-corrected chi connectivity index (χ0v) is 10.6. The quantitative estimate of drug-likeness (QED) is 0.778. The van der Waals surface area contributed by atoms with Crippen molar-refractivity contribution in [2.45, 2.75) is 38.6 Å². The van der Waals surface area contributed by atoms with Crippen molar-refractivity contribution in [3.05, 3.63) is 29.3 Å². The van der Waals surface area contributed by atoms with Crippen LogP contribution in [0.15, 0.2) is 18.2 Å². The van der Waals surface area contributed by atoms with Crippen LogP contribution in [0.5, 0.6) is 0 Å². The van der Waals surface area contributed by atoms with Gasteiger partial charge in [-0.2, -0.15) is 0 Å². The van der Waals surface area contributed by atoms with Crippen LogP contribution in [0.2, 0.25) is 0 Å². The van der Waals surface area contributed by atoms with Gasteiger partial charge in [-0.05, 0) is 62.6 Å². The van der Waals surface area contributed by atoms with Crippen LogP contribution in [0.1, 0.15) is 30.4 Å². The van der Waals surface area contributed by atoms with Crippen molar-refractivity contribution in [3.63, 3.8) is 0 Å². The second-order valence-electron chi connectivity index (χ2n) is 5.79. The van der Waals surface area contributed by atoms with Gasteiger partial charge in [-0.15, -0.1) is 0 Å². The highest BCUT2D eigenvalue weighted by molar-refractivity contribution is 5.55. The molecule has 3 atom stereocenters. The van der Waals surface area contributed by atoms with Gasteiger partial charge < -0.3 is 11.1 Å². The lowest BCUT2D eigenvalue weighted by molar-refractivity contribution is 0.243. The molecular formula is C15H22N2. The van der Waals surface area contributed by atoms with E-state index in [0.29, 0.717) is 6.04 Å². The van der Waals surface area contributed by atoms with E-state index in [2.05, 4.69) is 30.4 Å². The van der Waals surface area contributed by atoms with Gasteiger partial charge in [0.2, 0.25) is 0 Å². The third kappa shape index (κ3) is 2.06. The lowest BCUT2D eigenvalue weighted by Gasteiger charge is -2.41. The van der Waals surface area contributed by atoms with Crippen molar-refractivity contribution >= 4 is 5.69 Å². The van der Waals surface area contributed by atoms with E-state index in [-0.39, 0.29) is 0 Å². The Balaban J connectivity index is 1.83. The Bertz CT molecular complexity index is 413. The lowest BCUT2D eigenvalue weighted by atomic mass is 9.73. The van der Waals surface area contributed by atoms with Crippen LogP contribution in [0.25, 0.3) is 0 Å². The third-order valence-corrected chi connectivity index (χ3v) is 4.51. The van der Waals surface area contributed by atoms with Crippen LogP contribution in [-0.4, -0.2) is 12.6 Å². The largest absolute Gasteiger partial charge is 0.382 e. The normalized spacial score (nSPS) is 31.3. The molecule has 3 N–H and O–H groups in total. The highest BCUT2D eigenvalue weighted by Crippen LogP contribution is 2.38. The molecule has 1 aromatic rings. The SMILES string of the molecule is Cc1ccc2c(c1)CC1CC(CN)CCC1N2. The van der Waals surface area contributed by atoms with Gasteiger partial charge in [0.15, 0.2) is 0 Å². The number of nitrogens with two attached hydrogens (primary N) is 1. The molecule has 1 heterocycles. The molecule has 3 rings (SSSR count). The average Bonchev–Trinajstić information content (AvgIpc) is 2.35. The molecule has 1 aliphatic carbocycles. The average molecular weight is 230 g/mol. The monoisotopic (exact) mass is 230 g/mol. The van der Waals surface area contributed by atoms with Crippen LogP contribution in [-0.2, 0) is 6.42 Å². The molecule has 17 heavy (non-hydrogen) atoms. The Morgan fingerprint density at radius 3 is 3.06 bits per heavy atom. The maximum absolute atomic E-state index is 5.82. The van der Waals surface area contributed by atoms with Crippen LogP contribution in [0.4, 0.5) is 5.69 Å². The summed E-state index contributed by atoms with van der Waals surface area (Å²) in [6.07, 6.45) is 5.14. The van der Waals surface area contributed by atoms with Gasteiger partial charge in [0, 0.05) is 11.7 Å². The fourth-order valence-corrected chi connectivity index (χ4v) is 3.51. The van der Waals surface area contributed by atoms with Crippen molar-refractivity contribution in [1.29, 1.82) is 0 Å². The van der Waals surface area contributed by atoms with Crippen LogP contribution >= 0.6 is 0 Å². The molecule has 92 valence electrons. The number of hydrogen-bond donors (Lipinski definition) is 2. The number of aryl methyl sites for hydroxylation is 1. The smallest absolute Gasteiger partial charge is 0.0375 e. The predicted octanol–water partition coefficient (Wildman–Crippen LogP) is 2.71. The van der Waals surface area contributed by atoms with Crippen molar-refractivity contribution in [1.82, 2.24) is 0 Å². The summed E-state index contributed by atoms with van der Waals surface area (Å²) in [6.45, 7) is 3.04. The number of anilines is 1. The van der Waals surface area contributed by atoms with Gasteiger partial charge in [-0.1, -0.05) is 17.7 Å².